The fourth-order valence-electron chi connectivity index (χ4n) is 4.06. The van der Waals surface area contributed by atoms with Crippen LogP contribution in [0, 0.1) is 6.92 Å². The average Bonchev–Trinajstić information content (AvgIpc) is 3.38. The first-order valence-electron chi connectivity index (χ1n) is 11.6. The van der Waals surface area contributed by atoms with Crippen molar-refractivity contribution >= 4 is 40.6 Å². The highest BCUT2D eigenvalue weighted by Crippen LogP contribution is 2.31. The van der Waals surface area contributed by atoms with Gasteiger partial charge in [-0.25, -0.2) is 4.79 Å². The monoisotopic (exact) mass is 492 g/mol. The lowest BCUT2D eigenvalue weighted by atomic mass is 10.1. The van der Waals surface area contributed by atoms with Gasteiger partial charge in [0.05, 0.1) is 24.2 Å². The largest absolute Gasteiger partial charge is 0.495 e. The summed E-state index contributed by atoms with van der Waals surface area (Å²) in [5.41, 5.74) is 4.55. The summed E-state index contributed by atoms with van der Waals surface area (Å²) in [4.78, 5) is 28.0. The van der Waals surface area contributed by atoms with Gasteiger partial charge in [0, 0.05) is 30.2 Å². The number of nitrogens with one attached hydrogen (secondary N) is 3. The predicted octanol–water partition coefficient (Wildman–Crippen LogP) is 5.83. The number of ether oxygens (including phenoxy) is 1. The van der Waals surface area contributed by atoms with E-state index in [2.05, 4.69) is 20.9 Å². The molecule has 1 aliphatic heterocycles. The second-order valence-electron chi connectivity index (χ2n) is 8.52. The van der Waals surface area contributed by atoms with E-state index in [1.165, 1.54) is 12.7 Å². The Kier molecular flexibility index (Phi) is 7.77. The first kappa shape index (κ1) is 24.4. The Bertz CT molecular complexity index is 1210. The molecule has 0 aromatic heterocycles. The number of anilines is 3. The normalized spacial score (nSPS) is 12.8. The van der Waals surface area contributed by atoms with Crippen LogP contribution in [0.15, 0.2) is 60.7 Å². The Morgan fingerprint density at radius 3 is 2.37 bits per heavy atom. The van der Waals surface area contributed by atoms with Crippen molar-refractivity contribution in [3.05, 3.63) is 82.4 Å². The molecule has 182 valence electrons. The van der Waals surface area contributed by atoms with Gasteiger partial charge in [0.2, 0.25) is 0 Å². The standard InChI is InChI=1S/C27H29ClN4O3/c1-18-5-7-19(8-6-18)17-29-26(33)20-9-11-24(32-13-3-4-14-32)22(15-20)30-27(34)31-23-16-21(28)10-12-25(23)35-2/h5-12,15-16H,3-4,13-14,17H2,1-2H3,(H,29,33)(H2,30,31,34). The Hall–Kier alpha value is -3.71. The number of carbonyl (C=O) groups is 2. The van der Waals surface area contributed by atoms with E-state index in [1.807, 2.05) is 37.3 Å². The molecule has 0 saturated carbocycles. The summed E-state index contributed by atoms with van der Waals surface area (Å²) in [7, 11) is 1.52. The number of carbonyl (C=O) groups excluding carboxylic acids is 2. The van der Waals surface area contributed by atoms with E-state index in [1.54, 1.807) is 30.3 Å². The minimum atomic E-state index is -0.455. The Labute approximate surface area is 210 Å². The molecule has 35 heavy (non-hydrogen) atoms. The van der Waals surface area contributed by atoms with Crippen molar-refractivity contribution in [2.75, 3.05) is 35.7 Å². The van der Waals surface area contributed by atoms with Gasteiger partial charge >= 0.3 is 6.03 Å². The molecule has 3 aromatic carbocycles. The Morgan fingerprint density at radius 2 is 1.66 bits per heavy atom. The number of methoxy groups -OCH3 is 1. The molecular weight excluding hydrogens is 464 g/mol. The van der Waals surface area contributed by atoms with E-state index in [0.717, 1.165) is 37.2 Å². The van der Waals surface area contributed by atoms with Gasteiger partial charge in [0.1, 0.15) is 5.75 Å². The van der Waals surface area contributed by atoms with Crippen LogP contribution in [0.5, 0.6) is 5.75 Å². The summed E-state index contributed by atoms with van der Waals surface area (Å²) in [6, 6.07) is 18.0. The van der Waals surface area contributed by atoms with Crippen LogP contribution >= 0.6 is 11.6 Å². The summed E-state index contributed by atoms with van der Waals surface area (Å²) in [6.45, 7) is 4.25. The highest BCUT2D eigenvalue weighted by atomic mass is 35.5. The zero-order chi connectivity index (χ0) is 24.8. The molecule has 1 fully saturated rings. The van der Waals surface area contributed by atoms with Gasteiger partial charge in [0.25, 0.3) is 5.91 Å². The molecule has 1 heterocycles. The minimum Gasteiger partial charge on any atom is -0.495 e. The lowest BCUT2D eigenvalue weighted by Crippen LogP contribution is -2.26. The van der Waals surface area contributed by atoms with Crippen LogP contribution in [0.3, 0.4) is 0 Å². The number of halogens is 1. The van der Waals surface area contributed by atoms with Crippen LogP contribution in [0.4, 0.5) is 21.9 Å². The molecule has 0 radical (unpaired) electrons. The Balaban J connectivity index is 1.52. The third-order valence-corrected chi connectivity index (χ3v) is 6.17. The second-order valence-corrected chi connectivity index (χ2v) is 8.95. The molecule has 0 atom stereocenters. The van der Waals surface area contributed by atoms with E-state index < -0.39 is 6.03 Å². The molecule has 0 bridgehead atoms. The van der Waals surface area contributed by atoms with Crippen molar-refractivity contribution in [2.24, 2.45) is 0 Å². The van der Waals surface area contributed by atoms with Crippen molar-refractivity contribution in [3.8, 4) is 5.75 Å². The number of nitrogens with zero attached hydrogens (tertiary/aromatic N) is 1. The Morgan fingerprint density at radius 1 is 0.943 bits per heavy atom. The molecule has 1 saturated heterocycles. The van der Waals surface area contributed by atoms with Crippen LogP contribution in [0.25, 0.3) is 0 Å². The topological polar surface area (TPSA) is 82.7 Å². The van der Waals surface area contributed by atoms with E-state index in [-0.39, 0.29) is 5.91 Å². The number of benzene rings is 3. The molecule has 1 aliphatic rings. The van der Waals surface area contributed by atoms with E-state index in [4.69, 9.17) is 16.3 Å². The summed E-state index contributed by atoms with van der Waals surface area (Å²) in [5, 5.41) is 9.13. The van der Waals surface area contributed by atoms with Crippen molar-refractivity contribution in [2.45, 2.75) is 26.3 Å². The smallest absolute Gasteiger partial charge is 0.323 e. The predicted molar refractivity (Wildman–Crippen MR) is 141 cm³/mol. The number of urea groups is 1. The fourth-order valence-corrected chi connectivity index (χ4v) is 4.23. The van der Waals surface area contributed by atoms with Gasteiger partial charge in [-0.2, -0.15) is 0 Å². The van der Waals surface area contributed by atoms with Crippen molar-refractivity contribution in [1.29, 1.82) is 0 Å². The van der Waals surface area contributed by atoms with Crippen molar-refractivity contribution < 1.29 is 14.3 Å². The summed E-state index contributed by atoms with van der Waals surface area (Å²) >= 11 is 6.09. The molecule has 0 aliphatic carbocycles. The summed E-state index contributed by atoms with van der Waals surface area (Å²) in [6.07, 6.45) is 2.17. The number of hydrogen-bond donors (Lipinski definition) is 3. The maximum Gasteiger partial charge on any atom is 0.323 e. The van der Waals surface area contributed by atoms with Crippen LogP contribution in [0.2, 0.25) is 5.02 Å². The molecule has 3 N–H and O–H groups in total. The quantitative estimate of drug-likeness (QED) is 0.387. The minimum absolute atomic E-state index is 0.210. The third-order valence-electron chi connectivity index (χ3n) is 5.94. The first-order valence-corrected chi connectivity index (χ1v) is 11.9. The molecule has 8 heteroatoms. The molecule has 3 amide bonds. The zero-order valence-corrected chi connectivity index (χ0v) is 20.6. The maximum absolute atomic E-state index is 12.9. The van der Waals surface area contributed by atoms with Crippen LogP contribution in [0.1, 0.15) is 34.3 Å². The first-order chi connectivity index (χ1) is 16.9. The maximum atomic E-state index is 12.9. The van der Waals surface area contributed by atoms with Crippen LogP contribution in [-0.2, 0) is 6.54 Å². The molecule has 0 spiro atoms. The molecular formula is C27H29ClN4O3. The average molecular weight is 493 g/mol. The number of amides is 3. The van der Waals surface area contributed by atoms with Gasteiger partial charge < -0.3 is 25.6 Å². The third kappa shape index (κ3) is 6.25. The van der Waals surface area contributed by atoms with Crippen molar-refractivity contribution in [1.82, 2.24) is 5.32 Å². The van der Waals surface area contributed by atoms with E-state index in [9.17, 15) is 9.59 Å². The van der Waals surface area contributed by atoms with Crippen LogP contribution in [-0.4, -0.2) is 32.1 Å². The SMILES string of the molecule is COc1ccc(Cl)cc1NC(=O)Nc1cc(C(=O)NCc2ccc(C)cc2)ccc1N1CCCC1. The molecule has 0 unspecified atom stereocenters. The fraction of sp³-hybridized carbons (Fsp3) is 0.259. The highest BCUT2D eigenvalue weighted by Gasteiger charge is 2.19. The van der Waals surface area contributed by atoms with Gasteiger partial charge in [-0.3, -0.25) is 4.79 Å². The van der Waals surface area contributed by atoms with E-state index >= 15 is 0 Å². The van der Waals surface area contributed by atoms with E-state index in [0.29, 0.717) is 34.3 Å². The molecule has 4 rings (SSSR count). The number of aryl methyl sites for hydroxylation is 1. The number of rotatable bonds is 7. The summed E-state index contributed by atoms with van der Waals surface area (Å²) < 4.78 is 5.31. The lowest BCUT2D eigenvalue weighted by Gasteiger charge is -2.22. The molecule has 7 nitrogen and oxygen atoms in total. The number of hydrogen-bond acceptors (Lipinski definition) is 4. The van der Waals surface area contributed by atoms with Gasteiger partial charge in [-0.05, 0) is 61.7 Å². The van der Waals surface area contributed by atoms with Gasteiger partial charge in [0.15, 0.2) is 0 Å². The zero-order valence-electron chi connectivity index (χ0n) is 19.9. The van der Waals surface area contributed by atoms with Crippen molar-refractivity contribution in [3.63, 3.8) is 0 Å². The summed E-state index contributed by atoms with van der Waals surface area (Å²) in [5.74, 6) is 0.284. The second kappa shape index (κ2) is 11.1. The molecule has 3 aromatic rings. The lowest BCUT2D eigenvalue weighted by molar-refractivity contribution is 0.0951. The van der Waals surface area contributed by atoms with Gasteiger partial charge in [-0.15, -0.1) is 0 Å². The highest BCUT2D eigenvalue weighted by molar-refractivity contribution is 6.31. The van der Waals surface area contributed by atoms with Gasteiger partial charge in [-0.1, -0.05) is 41.4 Å². The van der Waals surface area contributed by atoms with Crippen LogP contribution < -0.4 is 25.6 Å².